The lowest BCUT2D eigenvalue weighted by molar-refractivity contribution is 0.329. The highest BCUT2D eigenvalue weighted by molar-refractivity contribution is 5.30. The second-order valence-electron chi connectivity index (χ2n) is 4.79. The van der Waals surface area contributed by atoms with Gasteiger partial charge in [0.2, 0.25) is 0 Å². The molecular formula is C12H17N5. The van der Waals surface area contributed by atoms with E-state index < -0.39 is 0 Å². The molecule has 0 saturated heterocycles. The van der Waals surface area contributed by atoms with Crippen molar-refractivity contribution in [2.75, 3.05) is 5.73 Å². The number of fused-ring (bicyclic) bond motifs is 1. The van der Waals surface area contributed by atoms with Crippen LogP contribution in [0.2, 0.25) is 0 Å². The summed E-state index contributed by atoms with van der Waals surface area (Å²) in [5.74, 6) is 2.53. The summed E-state index contributed by atoms with van der Waals surface area (Å²) in [6.07, 6.45) is 6.12. The van der Waals surface area contributed by atoms with Crippen LogP contribution in [0.5, 0.6) is 0 Å². The van der Waals surface area contributed by atoms with Gasteiger partial charge in [-0.15, -0.1) is 0 Å². The second kappa shape index (κ2) is 3.91. The number of nitrogen functional groups attached to an aromatic ring is 1. The summed E-state index contributed by atoms with van der Waals surface area (Å²) >= 11 is 0. The van der Waals surface area contributed by atoms with Crippen LogP contribution < -0.4 is 5.73 Å². The van der Waals surface area contributed by atoms with Crippen LogP contribution in [0.3, 0.4) is 0 Å². The quantitative estimate of drug-likeness (QED) is 0.845. The van der Waals surface area contributed by atoms with Crippen molar-refractivity contribution >= 4 is 5.82 Å². The molecule has 0 fully saturated rings. The summed E-state index contributed by atoms with van der Waals surface area (Å²) in [5.41, 5.74) is 6.90. The molecule has 0 aliphatic carbocycles. The van der Waals surface area contributed by atoms with Gasteiger partial charge in [-0.3, -0.25) is 0 Å². The van der Waals surface area contributed by atoms with Gasteiger partial charge in [0.25, 0.3) is 0 Å². The minimum Gasteiger partial charge on any atom is -0.384 e. The van der Waals surface area contributed by atoms with E-state index in [1.807, 2.05) is 23.9 Å². The van der Waals surface area contributed by atoms with Gasteiger partial charge in [-0.05, 0) is 19.3 Å². The molecule has 2 aromatic heterocycles. The van der Waals surface area contributed by atoms with Crippen molar-refractivity contribution in [2.24, 2.45) is 5.92 Å². The highest BCUT2D eigenvalue weighted by Gasteiger charge is 2.20. The van der Waals surface area contributed by atoms with Crippen LogP contribution >= 0.6 is 0 Å². The second-order valence-corrected chi connectivity index (χ2v) is 4.79. The third kappa shape index (κ3) is 1.92. The summed E-state index contributed by atoms with van der Waals surface area (Å²) in [5, 5.41) is 4.41. The Labute approximate surface area is 100 Å². The zero-order valence-corrected chi connectivity index (χ0v) is 10.0. The molecule has 0 amide bonds. The molecule has 1 unspecified atom stereocenters. The number of nitrogens with zero attached hydrogens (tertiary/aromatic N) is 4. The minimum atomic E-state index is 0.589. The molecule has 1 aliphatic rings. The van der Waals surface area contributed by atoms with Crippen molar-refractivity contribution in [3.8, 4) is 0 Å². The summed E-state index contributed by atoms with van der Waals surface area (Å²) < 4.78 is 4.15. The van der Waals surface area contributed by atoms with E-state index >= 15 is 0 Å². The van der Waals surface area contributed by atoms with E-state index in [1.54, 1.807) is 0 Å². The van der Waals surface area contributed by atoms with Crippen molar-refractivity contribution in [3.05, 3.63) is 30.0 Å². The summed E-state index contributed by atoms with van der Waals surface area (Å²) in [7, 11) is 0. The maximum atomic E-state index is 5.91. The number of imidazole rings is 1. The Bertz CT molecular complexity index is 525. The first-order chi connectivity index (χ1) is 8.22. The van der Waals surface area contributed by atoms with E-state index in [2.05, 4.69) is 20.8 Å². The molecule has 0 radical (unpaired) electrons. The monoisotopic (exact) mass is 231 g/mol. The fraction of sp³-hybridized carbons (Fsp3) is 0.500. The van der Waals surface area contributed by atoms with Gasteiger partial charge in [-0.25, -0.2) is 9.67 Å². The van der Waals surface area contributed by atoms with Crippen molar-refractivity contribution in [2.45, 2.75) is 32.9 Å². The number of hydrogen-bond donors (Lipinski definition) is 1. The van der Waals surface area contributed by atoms with E-state index in [-0.39, 0.29) is 0 Å². The smallest absolute Gasteiger partial charge is 0.121 e. The molecule has 5 heteroatoms. The third-order valence-corrected chi connectivity index (χ3v) is 3.42. The van der Waals surface area contributed by atoms with Crippen LogP contribution in [0.25, 0.3) is 0 Å². The van der Waals surface area contributed by atoms with Crippen LogP contribution in [0.1, 0.15) is 17.9 Å². The van der Waals surface area contributed by atoms with Crippen LogP contribution in [-0.2, 0) is 19.5 Å². The number of nitrogens with two attached hydrogens (primary N) is 1. The lowest BCUT2D eigenvalue weighted by Gasteiger charge is -2.23. The van der Waals surface area contributed by atoms with Crippen molar-refractivity contribution < 1.29 is 0 Å². The summed E-state index contributed by atoms with van der Waals surface area (Å²) in [6.45, 7) is 3.92. The van der Waals surface area contributed by atoms with Gasteiger partial charge in [-0.1, -0.05) is 0 Å². The van der Waals surface area contributed by atoms with Gasteiger partial charge in [0, 0.05) is 38.0 Å². The first kappa shape index (κ1) is 10.4. The molecule has 0 spiro atoms. The molecule has 90 valence electrons. The van der Waals surface area contributed by atoms with Crippen LogP contribution in [-0.4, -0.2) is 19.3 Å². The number of hydrogen-bond acceptors (Lipinski definition) is 3. The maximum Gasteiger partial charge on any atom is 0.121 e. The largest absolute Gasteiger partial charge is 0.384 e. The van der Waals surface area contributed by atoms with Gasteiger partial charge in [-0.2, -0.15) is 5.10 Å². The SMILES string of the molecule is Cc1cc(N)n(CC2CCn3ccnc3C2)n1. The van der Waals surface area contributed by atoms with Gasteiger partial charge in [0.05, 0.1) is 5.69 Å². The Morgan fingerprint density at radius 3 is 3.18 bits per heavy atom. The molecule has 5 nitrogen and oxygen atoms in total. The Hall–Kier alpha value is -1.78. The summed E-state index contributed by atoms with van der Waals surface area (Å²) in [6, 6.07) is 1.92. The molecule has 2 N–H and O–H groups in total. The van der Waals surface area contributed by atoms with Gasteiger partial charge < -0.3 is 10.3 Å². The van der Waals surface area contributed by atoms with Gasteiger partial charge in [0.15, 0.2) is 0 Å². The zero-order chi connectivity index (χ0) is 11.8. The molecule has 3 heterocycles. The highest BCUT2D eigenvalue weighted by Crippen LogP contribution is 2.21. The Kier molecular flexibility index (Phi) is 2.39. The molecule has 1 aliphatic heterocycles. The number of aryl methyl sites for hydroxylation is 2. The molecule has 1 atom stereocenters. The summed E-state index contributed by atoms with van der Waals surface area (Å²) in [4.78, 5) is 4.38. The lowest BCUT2D eigenvalue weighted by Crippen LogP contribution is -2.24. The molecular weight excluding hydrogens is 214 g/mol. The highest BCUT2D eigenvalue weighted by atomic mass is 15.3. The Morgan fingerprint density at radius 2 is 2.41 bits per heavy atom. The van der Waals surface area contributed by atoms with Crippen LogP contribution in [0.15, 0.2) is 18.5 Å². The third-order valence-electron chi connectivity index (χ3n) is 3.42. The van der Waals surface area contributed by atoms with E-state index in [9.17, 15) is 0 Å². The number of anilines is 1. The first-order valence-corrected chi connectivity index (χ1v) is 6.02. The standard InChI is InChI=1S/C12H17N5/c1-9-6-11(13)17(15-9)8-10-2-4-16-5-3-14-12(16)7-10/h3,5-6,10H,2,4,7-8,13H2,1H3. The predicted molar refractivity (Wildman–Crippen MR) is 65.4 cm³/mol. The average Bonchev–Trinajstić information content (AvgIpc) is 2.85. The fourth-order valence-electron chi connectivity index (χ4n) is 2.53. The Morgan fingerprint density at radius 1 is 1.53 bits per heavy atom. The van der Waals surface area contributed by atoms with Crippen LogP contribution in [0.4, 0.5) is 5.82 Å². The topological polar surface area (TPSA) is 61.7 Å². The minimum absolute atomic E-state index is 0.589. The van der Waals surface area contributed by atoms with Crippen molar-refractivity contribution in [3.63, 3.8) is 0 Å². The molecule has 17 heavy (non-hydrogen) atoms. The van der Waals surface area contributed by atoms with Gasteiger partial charge >= 0.3 is 0 Å². The zero-order valence-electron chi connectivity index (χ0n) is 10.0. The number of aromatic nitrogens is 4. The van der Waals surface area contributed by atoms with Crippen molar-refractivity contribution in [1.29, 1.82) is 0 Å². The molecule has 0 saturated carbocycles. The van der Waals surface area contributed by atoms with E-state index in [0.717, 1.165) is 31.0 Å². The van der Waals surface area contributed by atoms with E-state index in [0.29, 0.717) is 5.92 Å². The molecule has 2 aromatic rings. The fourth-order valence-corrected chi connectivity index (χ4v) is 2.53. The normalized spacial score (nSPS) is 19.2. The molecule has 3 rings (SSSR count). The lowest BCUT2D eigenvalue weighted by atomic mass is 9.98. The predicted octanol–water partition coefficient (Wildman–Crippen LogP) is 1.23. The average molecular weight is 231 g/mol. The van der Waals surface area contributed by atoms with Crippen LogP contribution in [0, 0.1) is 12.8 Å². The van der Waals surface area contributed by atoms with E-state index in [4.69, 9.17) is 5.73 Å². The van der Waals surface area contributed by atoms with E-state index in [1.165, 1.54) is 12.2 Å². The Balaban J connectivity index is 1.74. The maximum absolute atomic E-state index is 5.91. The number of rotatable bonds is 2. The first-order valence-electron chi connectivity index (χ1n) is 6.02. The molecule has 0 bridgehead atoms. The van der Waals surface area contributed by atoms with Crippen molar-refractivity contribution in [1.82, 2.24) is 19.3 Å². The van der Waals surface area contributed by atoms with Gasteiger partial charge in [0.1, 0.15) is 11.6 Å². The molecule has 0 aromatic carbocycles.